The lowest BCUT2D eigenvalue weighted by Crippen LogP contribution is -2.36. The molecule has 128 valence electrons. The van der Waals surface area contributed by atoms with Gasteiger partial charge in [0.2, 0.25) is 0 Å². The lowest BCUT2D eigenvalue weighted by Gasteiger charge is -2.21. The monoisotopic (exact) mass is 352 g/mol. The minimum atomic E-state index is -6.09. The van der Waals surface area contributed by atoms with Gasteiger partial charge in [0.1, 0.15) is 4.75 Å². The molecule has 0 rings (SSSR count). The van der Waals surface area contributed by atoms with Crippen molar-refractivity contribution in [2.24, 2.45) is 5.41 Å². The van der Waals surface area contributed by atoms with Gasteiger partial charge in [0.25, 0.3) is 0 Å². The highest BCUT2D eigenvalue weighted by molar-refractivity contribution is 7.98. The Hall–Kier alpha value is -0.280. The minimum absolute atomic E-state index is 0.174. The third kappa shape index (κ3) is 10.1. The molecule has 0 bridgehead atoms. The van der Waals surface area contributed by atoms with Crippen molar-refractivity contribution in [2.75, 3.05) is 12.0 Å². The quantitative estimate of drug-likeness (QED) is 0.435. The molecule has 4 nitrogen and oxygen atoms in total. The molecule has 0 amide bonds. The first-order valence-corrected chi connectivity index (χ1v) is 9.19. The van der Waals surface area contributed by atoms with Gasteiger partial charge in [0.05, 0.1) is 6.26 Å². The first-order chi connectivity index (χ1) is 8.80. The second kappa shape index (κ2) is 7.32. The number of carbonyl (C=O) groups is 1. The molecule has 0 aliphatic rings. The zero-order chi connectivity index (χ0) is 17.9. The maximum absolute atomic E-state index is 11.7. The van der Waals surface area contributed by atoms with Crippen LogP contribution in [-0.4, -0.2) is 41.0 Å². The largest absolute Gasteiger partial charge is 0.741 e. The fourth-order valence-electron chi connectivity index (χ4n) is 0.630. The molecule has 0 N–H and O–H groups in total. The predicted molar refractivity (Wildman–Crippen MR) is 78.1 cm³/mol. The van der Waals surface area contributed by atoms with Crippen LogP contribution in [0.15, 0.2) is 0 Å². The molecule has 0 spiro atoms. The van der Waals surface area contributed by atoms with E-state index in [1.807, 2.05) is 20.8 Å². The lowest BCUT2D eigenvalue weighted by molar-refractivity contribution is -0.123. The van der Waals surface area contributed by atoms with E-state index in [0.29, 0.717) is 5.78 Å². The number of hydrogen-bond donors (Lipinski definition) is 0. The van der Waals surface area contributed by atoms with Crippen molar-refractivity contribution in [3.8, 4) is 0 Å². The molecule has 0 aromatic heterocycles. The molecular weight excluding hydrogens is 329 g/mol. The summed E-state index contributed by atoms with van der Waals surface area (Å²) in [6, 6.07) is 0. The summed E-state index contributed by atoms with van der Waals surface area (Å²) in [5.74, 6) is 1.11. The van der Waals surface area contributed by atoms with Crippen molar-refractivity contribution in [2.45, 2.75) is 51.8 Å². The molecule has 21 heavy (non-hydrogen) atoms. The SMILES string of the molecule is C[S+](CC(=O)C(C)(C)C)C(C)(C)C.O=S(=O)([O-])C(F)(F)F. The highest BCUT2D eigenvalue weighted by atomic mass is 32.2. The van der Waals surface area contributed by atoms with Crippen LogP contribution in [-0.2, 0) is 25.8 Å². The summed E-state index contributed by atoms with van der Waals surface area (Å²) < 4.78 is 59.2. The van der Waals surface area contributed by atoms with Gasteiger partial charge in [-0.15, -0.1) is 0 Å². The first-order valence-electron chi connectivity index (χ1n) is 5.98. The second-order valence-corrected chi connectivity index (χ2v) is 10.6. The number of halogens is 3. The van der Waals surface area contributed by atoms with E-state index in [1.165, 1.54) is 0 Å². The highest BCUT2D eigenvalue weighted by Crippen LogP contribution is 2.22. The summed E-state index contributed by atoms with van der Waals surface area (Å²) in [7, 11) is -5.90. The molecule has 0 aromatic rings. The molecule has 9 heteroatoms. The van der Waals surface area contributed by atoms with Gasteiger partial charge in [0.15, 0.2) is 21.7 Å². The van der Waals surface area contributed by atoms with Gasteiger partial charge in [-0.05, 0) is 31.7 Å². The first kappa shape index (κ1) is 23.0. The molecular formula is C12H23F3O4S2. The van der Waals surface area contributed by atoms with Crippen molar-refractivity contribution in [3.05, 3.63) is 0 Å². The Labute approximate surface area is 127 Å². The van der Waals surface area contributed by atoms with Gasteiger partial charge >= 0.3 is 5.51 Å². The van der Waals surface area contributed by atoms with Gasteiger partial charge in [-0.2, -0.15) is 13.2 Å². The van der Waals surface area contributed by atoms with E-state index in [1.54, 1.807) is 0 Å². The summed E-state index contributed by atoms with van der Waals surface area (Å²) in [6.07, 6.45) is 2.18. The second-order valence-electron chi connectivity index (χ2n) is 6.47. The van der Waals surface area contributed by atoms with Gasteiger partial charge in [-0.1, -0.05) is 20.8 Å². The Bertz CT molecular complexity index is 443. The number of ketones is 1. The average molecular weight is 352 g/mol. The zero-order valence-corrected chi connectivity index (χ0v) is 14.9. The van der Waals surface area contributed by atoms with Gasteiger partial charge in [-0.3, -0.25) is 4.79 Å². The molecule has 1 atom stereocenters. The number of alkyl halides is 3. The Balaban J connectivity index is 0. The molecule has 0 aliphatic carbocycles. The number of Topliss-reactive ketones (excluding diaryl/α,β-unsaturated/α-hetero) is 1. The van der Waals surface area contributed by atoms with Crippen molar-refractivity contribution in [1.29, 1.82) is 0 Å². The Morgan fingerprint density at radius 2 is 1.33 bits per heavy atom. The molecule has 0 aliphatic heterocycles. The summed E-state index contributed by atoms with van der Waals surface area (Å²) in [5, 5.41) is 0. The normalized spacial score (nSPS) is 15.0. The molecule has 0 saturated heterocycles. The molecule has 0 aromatic carbocycles. The third-order valence-corrected chi connectivity index (χ3v) is 5.87. The maximum atomic E-state index is 11.7. The number of rotatable bonds is 2. The number of hydrogen-bond acceptors (Lipinski definition) is 4. The van der Waals surface area contributed by atoms with E-state index in [9.17, 15) is 18.0 Å². The highest BCUT2D eigenvalue weighted by Gasteiger charge is 2.37. The molecule has 0 fully saturated rings. The van der Waals surface area contributed by atoms with E-state index in [0.717, 1.165) is 5.75 Å². The fraction of sp³-hybridized carbons (Fsp3) is 0.917. The van der Waals surface area contributed by atoms with Crippen LogP contribution in [0, 0.1) is 5.41 Å². The van der Waals surface area contributed by atoms with Crippen molar-refractivity contribution in [3.63, 3.8) is 0 Å². The van der Waals surface area contributed by atoms with Crippen LogP contribution in [0.4, 0.5) is 13.2 Å². The molecule has 0 heterocycles. The van der Waals surface area contributed by atoms with Crippen molar-refractivity contribution >= 4 is 26.8 Å². The zero-order valence-electron chi connectivity index (χ0n) is 13.3. The Morgan fingerprint density at radius 3 is 1.48 bits per heavy atom. The van der Waals surface area contributed by atoms with Crippen LogP contribution in [0.3, 0.4) is 0 Å². The Morgan fingerprint density at radius 1 is 1.05 bits per heavy atom. The predicted octanol–water partition coefficient (Wildman–Crippen LogP) is 2.70. The summed E-state index contributed by atoms with van der Waals surface area (Å²) in [4.78, 5) is 11.7. The maximum Gasteiger partial charge on any atom is 0.485 e. The van der Waals surface area contributed by atoms with E-state index in [2.05, 4.69) is 27.0 Å². The fourth-order valence-corrected chi connectivity index (χ4v) is 1.89. The van der Waals surface area contributed by atoms with E-state index in [4.69, 9.17) is 13.0 Å². The van der Waals surface area contributed by atoms with Crippen LogP contribution >= 0.6 is 0 Å². The Kier molecular flexibility index (Phi) is 8.02. The van der Waals surface area contributed by atoms with Gasteiger partial charge in [0, 0.05) is 5.41 Å². The lowest BCUT2D eigenvalue weighted by atomic mass is 9.92. The summed E-state index contributed by atoms with van der Waals surface area (Å²) in [5.41, 5.74) is -5.82. The topological polar surface area (TPSA) is 74.3 Å². The van der Waals surface area contributed by atoms with E-state index >= 15 is 0 Å². The van der Waals surface area contributed by atoms with Gasteiger partial charge in [-0.25, -0.2) is 8.42 Å². The van der Waals surface area contributed by atoms with Crippen molar-refractivity contribution < 1.29 is 30.9 Å². The average Bonchev–Trinajstić information content (AvgIpc) is 2.11. The van der Waals surface area contributed by atoms with Crippen LogP contribution in [0.5, 0.6) is 0 Å². The van der Waals surface area contributed by atoms with Crippen LogP contribution in [0.2, 0.25) is 0 Å². The molecule has 0 saturated carbocycles. The molecule has 0 radical (unpaired) electrons. The summed E-state index contributed by atoms with van der Waals surface area (Å²) >= 11 is 0. The number of carbonyl (C=O) groups excluding carboxylic acids is 1. The standard InChI is InChI=1S/C11H23OS.CHF3O3S/c1-10(2,3)9(12)8-13(7)11(4,5)6;2-1(3,4)8(5,6)7/h8H2,1-7H3;(H,5,6,7)/q+1;/p-1. The molecule has 1 unspecified atom stereocenters. The minimum Gasteiger partial charge on any atom is -0.741 e. The van der Waals surface area contributed by atoms with Crippen LogP contribution < -0.4 is 0 Å². The van der Waals surface area contributed by atoms with Crippen LogP contribution in [0.1, 0.15) is 41.5 Å². The third-order valence-electron chi connectivity index (χ3n) is 2.51. The van der Waals surface area contributed by atoms with E-state index < -0.39 is 15.6 Å². The smallest absolute Gasteiger partial charge is 0.485 e. The summed E-state index contributed by atoms with van der Waals surface area (Å²) in [6.45, 7) is 12.6. The van der Waals surface area contributed by atoms with Gasteiger partial charge < -0.3 is 4.55 Å². The van der Waals surface area contributed by atoms with E-state index in [-0.39, 0.29) is 21.1 Å². The van der Waals surface area contributed by atoms with Crippen molar-refractivity contribution in [1.82, 2.24) is 0 Å². The van der Waals surface area contributed by atoms with Crippen LogP contribution in [0.25, 0.3) is 0 Å².